The molecule has 0 radical (unpaired) electrons. The zero-order valence-electron chi connectivity index (χ0n) is 49.9. The van der Waals surface area contributed by atoms with Crippen molar-refractivity contribution in [2.75, 3.05) is 52.6 Å². The number of amides is 1. The summed E-state index contributed by atoms with van der Waals surface area (Å²) in [6, 6.07) is 0. The van der Waals surface area contributed by atoms with E-state index in [4.69, 9.17) is 28.4 Å². The fourth-order valence-electron chi connectivity index (χ4n) is 10.0. The number of hydrogen-bond acceptors (Lipinski definition) is 11. The molecule has 12 heteroatoms. The molecule has 0 aliphatic carbocycles. The molecule has 1 saturated heterocycles. The molecule has 1 N–H and O–H groups in total. The summed E-state index contributed by atoms with van der Waals surface area (Å²) in [5.41, 5.74) is 0. The van der Waals surface area contributed by atoms with Crippen molar-refractivity contribution >= 4 is 24.0 Å². The molecule has 1 amide bonds. The lowest BCUT2D eigenvalue weighted by molar-refractivity contribution is -0.210. The highest BCUT2D eigenvalue weighted by atomic mass is 16.6. The number of rotatable bonds is 56. The van der Waals surface area contributed by atoms with E-state index in [1.807, 2.05) is 0 Å². The van der Waals surface area contributed by atoms with Crippen molar-refractivity contribution < 1.29 is 47.6 Å². The van der Waals surface area contributed by atoms with Gasteiger partial charge >= 0.3 is 24.0 Å². The van der Waals surface area contributed by atoms with Crippen LogP contribution >= 0.6 is 0 Å². The van der Waals surface area contributed by atoms with Crippen LogP contribution in [-0.2, 0) is 42.8 Å². The van der Waals surface area contributed by atoms with E-state index in [1.165, 1.54) is 141 Å². The summed E-state index contributed by atoms with van der Waals surface area (Å²) < 4.78 is 35.5. The molecular formula is C63H120N2O10. The zero-order chi connectivity index (χ0) is 54.7. The van der Waals surface area contributed by atoms with Crippen molar-refractivity contribution in [2.45, 2.75) is 323 Å². The molecule has 0 aromatic carbocycles. The molecule has 1 aliphatic heterocycles. The van der Waals surface area contributed by atoms with E-state index in [0.29, 0.717) is 45.1 Å². The van der Waals surface area contributed by atoms with Gasteiger partial charge in [0.25, 0.3) is 0 Å². The van der Waals surface area contributed by atoms with Crippen LogP contribution in [0, 0.1) is 5.92 Å². The van der Waals surface area contributed by atoms with Gasteiger partial charge in [-0.05, 0) is 77.3 Å². The Morgan fingerprint density at radius 1 is 0.467 bits per heavy atom. The van der Waals surface area contributed by atoms with E-state index >= 15 is 0 Å². The molecular weight excluding hydrogens is 945 g/mol. The molecule has 1 heterocycles. The largest absolute Gasteiger partial charge is 0.465 e. The van der Waals surface area contributed by atoms with Crippen molar-refractivity contribution in [2.24, 2.45) is 5.92 Å². The Balaban J connectivity index is 2.50. The lowest BCUT2D eigenvalue weighted by Gasteiger charge is -2.39. The van der Waals surface area contributed by atoms with Gasteiger partial charge in [-0.3, -0.25) is 14.4 Å². The Labute approximate surface area is 461 Å². The van der Waals surface area contributed by atoms with Gasteiger partial charge < -0.3 is 38.6 Å². The number of ether oxygens (including phenoxy) is 6. The Hall–Kier alpha value is -2.44. The van der Waals surface area contributed by atoms with Crippen LogP contribution in [0.15, 0.2) is 0 Å². The predicted molar refractivity (Wildman–Crippen MR) is 308 cm³/mol. The number of esters is 3. The van der Waals surface area contributed by atoms with E-state index in [2.05, 4.69) is 51.8 Å². The van der Waals surface area contributed by atoms with Gasteiger partial charge in [-0.2, -0.15) is 0 Å². The average Bonchev–Trinajstić information content (AvgIpc) is 3.40. The number of nitrogens with zero attached hydrogens (tertiary/aromatic N) is 1. The number of alkyl carbamates (subject to hydrolysis) is 1. The third-order valence-corrected chi connectivity index (χ3v) is 15.2. The van der Waals surface area contributed by atoms with Crippen molar-refractivity contribution in [3.8, 4) is 0 Å². The average molecular weight is 1070 g/mol. The van der Waals surface area contributed by atoms with Gasteiger partial charge in [0.15, 0.2) is 0 Å². The van der Waals surface area contributed by atoms with E-state index in [0.717, 1.165) is 103 Å². The molecule has 0 saturated carbocycles. The Bertz CT molecular complexity index is 1280. The third kappa shape index (κ3) is 43.2. The van der Waals surface area contributed by atoms with Crippen molar-refractivity contribution in [3.63, 3.8) is 0 Å². The second-order valence-electron chi connectivity index (χ2n) is 22.2. The molecule has 0 aromatic rings. The minimum absolute atomic E-state index is 0.00711. The quantitative estimate of drug-likeness (QED) is 0.0354. The van der Waals surface area contributed by atoms with Gasteiger partial charge in [-0.25, -0.2) is 4.79 Å². The smallest absolute Gasteiger partial charge is 0.407 e. The van der Waals surface area contributed by atoms with Crippen LogP contribution < -0.4 is 5.32 Å². The first-order valence-corrected chi connectivity index (χ1v) is 32.1. The summed E-state index contributed by atoms with van der Waals surface area (Å²) in [6.07, 6.45) is 43.6. The standard InChI is InChI=1S/C63H120N2O10/c1-7-13-17-21-25-33-41-56(42-34-26-22-18-14-8-2)74-59-54-70-58(59)45-37-29-30-38-46-60(66)71-51-55(53-73-63(69)64-49-50-65(11-5)12-6)52-72-61(67)47-39-31-32-40-48-62(68)75-57(43-35-27-23-19-15-9-3)44-36-28-24-20-16-10-4/h55-59H,7-54H2,1-6H3,(H,64,69). The minimum Gasteiger partial charge on any atom is -0.465 e. The molecule has 0 spiro atoms. The molecule has 0 aromatic heterocycles. The molecule has 1 rings (SSSR count). The molecule has 1 fully saturated rings. The third-order valence-electron chi connectivity index (χ3n) is 15.2. The van der Waals surface area contributed by atoms with Crippen LogP contribution in [0.25, 0.3) is 0 Å². The Morgan fingerprint density at radius 3 is 1.28 bits per heavy atom. The summed E-state index contributed by atoms with van der Waals surface area (Å²) in [6.45, 7) is 16.8. The fourth-order valence-corrected chi connectivity index (χ4v) is 10.0. The predicted octanol–water partition coefficient (Wildman–Crippen LogP) is 16.5. The SMILES string of the molecule is CCCCCCCCC(CCCCCCCC)OC(=O)CCCCCCC(=O)OCC(COC(=O)CCCCCCC1OCC1OC(CCCCCCCC)CCCCCCCC)COC(=O)NCCN(CC)CC. The first-order valence-electron chi connectivity index (χ1n) is 32.1. The van der Waals surface area contributed by atoms with Crippen LogP contribution in [0.3, 0.4) is 0 Å². The van der Waals surface area contributed by atoms with Crippen molar-refractivity contribution in [1.29, 1.82) is 0 Å². The normalized spacial score (nSPS) is 14.8. The highest BCUT2D eigenvalue weighted by molar-refractivity contribution is 5.70. The van der Waals surface area contributed by atoms with Crippen LogP contribution in [0.5, 0.6) is 0 Å². The summed E-state index contributed by atoms with van der Waals surface area (Å²) in [4.78, 5) is 53.3. The molecule has 3 unspecified atom stereocenters. The van der Waals surface area contributed by atoms with Crippen molar-refractivity contribution in [3.05, 3.63) is 0 Å². The lowest BCUT2D eigenvalue weighted by Crippen LogP contribution is -2.48. The number of carbonyl (C=O) groups is 4. The molecule has 442 valence electrons. The Kier molecular flexibility index (Phi) is 49.2. The Morgan fingerprint density at radius 2 is 0.853 bits per heavy atom. The van der Waals surface area contributed by atoms with Crippen molar-refractivity contribution in [1.82, 2.24) is 10.2 Å². The highest BCUT2D eigenvalue weighted by Gasteiger charge is 2.34. The topological polar surface area (TPSA) is 139 Å². The number of hydrogen-bond donors (Lipinski definition) is 1. The van der Waals surface area contributed by atoms with E-state index in [-0.39, 0.29) is 62.5 Å². The van der Waals surface area contributed by atoms with E-state index in [9.17, 15) is 19.2 Å². The number of likely N-dealkylation sites (N-methyl/N-ethyl adjacent to an activating group) is 1. The number of nitrogens with one attached hydrogen (secondary N) is 1. The monoisotopic (exact) mass is 1060 g/mol. The number of unbranched alkanes of at least 4 members (excludes halogenated alkanes) is 26. The summed E-state index contributed by atoms with van der Waals surface area (Å²) in [5, 5.41) is 2.79. The summed E-state index contributed by atoms with van der Waals surface area (Å²) in [5.74, 6) is -1.23. The van der Waals surface area contributed by atoms with Gasteiger partial charge in [0, 0.05) is 32.4 Å². The maximum Gasteiger partial charge on any atom is 0.407 e. The van der Waals surface area contributed by atoms with Crippen LogP contribution in [-0.4, -0.2) is 106 Å². The van der Waals surface area contributed by atoms with Gasteiger partial charge in [0.1, 0.15) is 32.0 Å². The molecule has 0 bridgehead atoms. The molecule has 1 aliphatic rings. The first-order chi connectivity index (χ1) is 36.7. The van der Waals surface area contributed by atoms with Crippen LogP contribution in [0.1, 0.15) is 298 Å². The fraction of sp³-hybridized carbons (Fsp3) is 0.937. The van der Waals surface area contributed by atoms with Gasteiger partial charge in [0.05, 0.1) is 24.7 Å². The van der Waals surface area contributed by atoms with Gasteiger partial charge in [-0.1, -0.05) is 215 Å². The van der Waals surface area contributed by atoms with E-state index < -0.39 is 12.0 Å². The van der Waals surface area contributed by atoms with Crippen LogP contribution in [0.4, 0.5) is 4.79 Å². The first kappa shape index (κ1) is 70.6. The summed E-state index contributed by atoms with van der Waals surface area (Å²) in [7, 11) is 0. The molecule has 3 atom stereocenters. The molecule has 12 nitrogen and oxygen atoms in total. The maximum absolute atomic E-state index is 12.9. The summed E-state index contributed by atoms with van der Waals surface area (Å²) >= 11 is 0. The highest BCUT2D eigenvalue weighted by Crippen LogP contribution is 2.27. The van der Waals surface area contributed by atoms with Gasteiger partial charge in [-0.15, -0.1) is 0 Å². The zero-order valence-corrected chi connectivity index (χ0v) is 49.9. The second-order valence-corrected chi connectivity index (χ2v) is 22.2. The molecule has 75 heavy (non-hydrogen) atoms. The van der Waals surface area contributed by atoms with Gasteiger partial charge in [0.2, 0.25) is 0 Å². The van der Waals surface area contributed by atoms with Crippen LogP contribution in [0.2, 0.25) is 0 Å². The maximum atomic E-state index is 12.9. The second kappa shape index (κ2) is 52.3. The number of carbonyl (C=O) groups excluding carboxylic acids is 4. The van der Waals surface area contributed by atoms with E-state index in [1.54, 1.807) is 0 Å². The minimum atomic E-state index is -0.550. The lowest BCUT2D eigenvalue weighted by atomic mass is 9.99.